The number of aliphatic hydroxyl groups excluding tert-OH is 2. The fourth-order valence-electron chi connectivity index (χ4n) is 0.283. The molecule has 2 radical (unpaired) electrons. The molecule has 0 heterocycles. The molecule has 3 N–H and O–H groups in total. The van der Waals surface area contributed by atoms with E-state index >= 15 is 0 Å². The van der Waals surface area contributed by atoms with Gasteiger partial charge in [0, 0.05) is 50.2 Å². The number of hydrogen-bond acceptors (Lipinski definition) is 3. The van der Waals surface area contributed by atoms with Gasteiger partial charge < -0.3 is 42.9 Å². The van der Waals surface area contributed by atoms with E-state index in [1.807, 2.05) is 0 Å². The molecule has 0 saturated heterocycles. The van der Waals surface area contributed by atoms with Gasteiger partial charge in [-0.2, -0.15) is 0 Å². The van der Waals surface area contributed by atoms with E-state index in [0.29, 0.717) is 13.1 Å². The summed E-state index contributed by atoms with van der Waals surface area (Å²) in [5, 5.41) is 19.1. The first kappa shape index (κ1) is 60.7. The second kappa shape index (κ2) is 66.8. The Morgan fingerprint density at radius 3 is 1.00 bits per heavy atom. The smallest absolute Gasteiger partial charge is 0.0555 e. The molecule has 0 atom stereocenters. The monoisotopic (exact) mass is 287 g/mol. The third kappa shape index (κ3) is 76.7. The van der Waals surface area contributed by atoms with Crippen LogP contribution in [-0.2, 0) is 64.5 Å². The first-order chi connectivity index (χ1) is 3.41. The van der Waals surface area contributed by atoms with Crippen LogP contribution in [0.2, 0.25) is 0 Å². The summed E-state index contributed by atoms with van der Waals surface area (Å²) < 4.78 is 0. The van der Waals surface area contributed by atoms with Gasteiger partial charge in [0.25, 0.3) is 0 Å². The van der Waals surface area contributed by atoms with E-state index in [2.05, 4.69) is 5.32 Å². The van der Waals surface area contributed by atoms with Crippen LogP contribution >= 0.6 is 0 Å². The van der Waals surface area contributed by atoms with E-state index in [0.717, 1.165) is 0 Å². The van der Waals surface area contributed by atoms with E-state index in [4.69, 9.17) is 10.2 Å². The van der Waals surface area contributed by atoms with E-state index in [9.17, 15) is 0 Å². The summed E-state index contributed by atoms with van der Waals surface area (Å²) in [7, 11) is 0. The van der Waals surface area contributed by atoms with Gasteiger partial charge in [-0.1, -0.05) is 0 Å². The summed E-state index contributed by atoms with van der Waals surface area (Å²) in [6.07, 6.45) is 0. The van der Waals surface area contributed by atoms with Crippen molar-refractivity contribution in [1.82, 2.24) is 5.32 Å². The minimum absolute atomic E-state index is 0. The molecular formula is C4H11NO7V2-10. The van der Waals surface area contributed by atoms with Gasteiger partial charge in [0.1, 0.15) is 0 Å². The Balaban J connectivity index is -0.00000000857. The molecule has 0 aliphatic carbocycles. The predicted molar refractivity (Wildman–Crippen MR) is 30.5 cm³/mol. The molecule has 10 heteroatoms. The molecule has 0 aromatic heterocycles. The predicted octanol–water partition coefficient (Wildman–Crippen LogP) is -2.04. The van der Waals surface area contributed by atoms with Crippen molar-refractivity contribution in [3.05, 3.63) is 0 Å². The van der Waals surface area contributed by atoms with E-state index in [-0.39, 0.29) is 77.7 Å². The molecule has 14 heavy (non-hydrogen) atoms. The van der Waals surface area contributed by atoms with E-state index in [1.54, 1.807) is 0 Å². The molecule has 0 saturated carbocycles. The van der Waals surface area contributed by atoms with Gasteiger partial charge in [0.05, 0.1) is 13.2 Å². The van der Waals surface area contributed by atoms with Gasteiger partial charge >= 0.3 is 0 Å². The molecule has 94 valence electrons. The minimum atomic E-state index is 0. The SMILES string of the molecule is OCCNCCO.[O-2].[O-2].[O-2].[O-2].[O-2].[V].[V]. The van der Waals surface area contributed by atoms with Crippen molar-refractivity contribution in [3.63, 3.8) is 0 Å². The van der Waals surface area contributed by atoms with Crippen molar-refractivity contribution in [2.45, 2.75) is 0 Å². The molecule has 0 rings (SSSR count). The van der Waals surface area contributed by atoms with Crippen molar-refractivity contribution in [2.24, 2.45) is 0 Å². The number of hydrogen-bond donors (Lipinski definition) is 3. The average Bonchev–Trinajstić information content (AvgIpc) is 1.69. The maximum Gasteiger partial charge on any atom is 0.0555 e. The van der Waals surface area contributed by atoms with Gasteiger partial charge in [-0.3, -0.25) is 0 Å². The summed E-state index contributed by atoms with van der Waals surface area (Å²) >= 11 is 0. The fourth-order valence-corrected chi connectivity index (χ4v) is 0.283. The topological polar surface area (TPSA) is 195 Å². The van der Waals surface area contributed by atoms with Crippen LogP contribution in [-0.4, -0.2) is 36.5 Å². The second-order valence-corrected chi connectivity index (χ2v) is 1.20. The molecule has 0 bridgehead atoms. The fraction of sp³-hybridized carbons (Fsp3) is 1.00. The van der Waals surface area contributed by atoms with Gasteiger partial charge in [0.15, 0.2) is 0 Å². The molecular weight excluding hydrogens is 276 g/mol. The zero-order valence-electron chi connectivity index (χ0n) is 7.16. The Bertz CT molecular complexity index is 42.9. The quantitative estimate of drug-likeness (QED) is 0.502. The van der Waals surface area contributed by atoms with E-state index in [1.165, 1.54) is 0 Å². The van der Waals surface area contributed by atoms with Crippen molar-refractivity contribution >= 4 is 0 Å². The molecule has 0 aliphatic rings. The van der Waals surface area contributed by atoms with Crippen LogP contribution in [0.3, 0.4) is 0 Å². The Kier molecular flexibility index (Phi) is 290. The van der Waals surface area contributed by atoms with Crippen LogP contribution in [0.5, 0.6) is 0 Å². The van der Waals surface area contributed by atoms with E-state index < -0.39 is 0 Å². The zero-order valence-corrected chi connectivity index (χ0v) is 9.95. The Labute approximate surface area is 106 Å². The van der Waals surface area contributed by atoms with Gasteiger partial charge in [-0.05, 0) is 0 Å². The van der Waals surface area contributed by atoms with Crippen molar-refractivity contribution in [2.75, 3.05) is 26.3 Å². The summed E-state index contributed by atoms with van der Waals surface area (Å²) in [5.41, 5.74) is 0. The van der Waals surface area contributed by atoms with Gasteiger partial charge in [-0.15, -0.1) is 0 Å². The first-order valence-corrected chi connectivity index (χ1v) is 2.34. The number of rotatable bonds is 4. The molecule has 0 fully saturated rings. The Morgan fingerprint density at radius 2 is 0.857 bits per heavy atom. The van der Waals surface area contributed by atoms with Crippen molar-refractivity contribution < 1.29 is 74.7 Å². The van der Waals surface area contributed by atoms with Crippen LogP contribution in [0.4, 0.5) is 0 Å². The molecule has 8 nitrogen and oxygen atoms in total. The zero-order chi connectivity index (χ0) is 5.54. The average molecular weight is 287 g/mol. The maximum atomic E-state index is 8.15. The standard InChI is InChI=1S/C4H11NO2.5O.2V/c6-3-1-5-2-4-7;;;;;;;/h5-7H,1-4H2;;;;;;;/q;5*-2;;. The van der Waals surface area contributed by atoms with Crippen LogP contribution in [0.1, 0.15) is 0 Å². The second-order valence-electron chi connectivity index (χ2n) is 1.20. The summed E-state index contributed by atoms with van der Waals surface area (Å²) in [6, 6.07) is 0. The maximum absolute atomic E-state index is 8.15. The van der Waals surface area contributed by atoms with Crippen LogP contribution in [0.15, 0.2) is 0 Å². The Hall–Kier alpha value is 0.849. The van der Waals surface area contributed by atoms with Gasteiger partial charge in [-0.25, -0.2) is 0 Å². The first-order valence-electron chi connectivity index (χ1n) is 2.34. The Morgan fingerprint density at radius 1 is 0.643 bits per heavy atom. The van der Waals surface area contributed by atoms with Crippen LogP contribution < -0.4 is 5.32 Å². The van der Waals surface area contributed by atoms with Gasteiger partial charge in [0.2, 0.25) is 0 Å². The largest absolute Gasteiger partial charge is 2.00 e. The molecule has 0 spiro atoms. The van der Waals surface area contributed by atoms with Crippen molar-refractivity contribution in [1.29, 1.82) is 0 Å². The minimum Gasteiger partial charge on any atom is -2.00 e. The normalized spacial score (nSPS) is 4.71. The summed E-state index contributed by atoms with van der Waals surface area (Å²) in [6.45, 7) is 1.42. The molecule has 0 amide bonds. The third-order valence-corrected chi connectivity index (χ3v) is 0.577. The third-order valence-electron chi connectivity index (χ3n) is 0.577. The van der Waals surface area contributed by atoms with Crippen LogP contribution in [0, 0.1) is 0 Å². The number of nitrogens with one attached hydrogen (secondary N) is 1. The molecule has 0 aliphatic heterocycles. The number of aliphatic hydroxyl groups is 2. The van der Waals surface area contributed by atoms with Crippen LogP contribution in [0.25, 0.3) is 0 Å². The summed E-state index contributed by atoms with van der Waals surface area (Å²) in [4.78, 5) is 0. The summed E-state index contributed by atoms with van der Waals surface area (Å²) in [5.74, 6) is 0. The molecule has 0 aromatic rings. The molecule has 0 unspecified atom stereocenters. The van der Waals surface area contributed by atoms with Crippen molar-refractivity contribution in [3.8, 4) is 0 Å². The molecule has 0 aromatic carbocycles.